The summed E-state index contributed by atoms with van der Waals surface area (Å²) in [5, 5.41) is 7.47. The predicted molar refractivity (Wildman–Crippen MR) is 71.4 cm³/mol. The highest BCUT2D eigenvalue weighted by molar-refractivity contribution is 5.44. The van der Waals surface area contributed by atoms with Gasteiger partial charge in [-0.2, -0.15) is 4.98 Å². The van der Waals surface area contributed by atoms with Gasteiger partial charge in [0.2, 0.25) is 5.95 Å². The van der Waals surface area contributed by atoms with E-state index >= 15 is 0 Å². The molecule has 2 aromatic heterocycles. The maximum atomic E-state index is 13.2. The maximum Gasteiger partial charge on any atom is 0.243 e. The van der Waals surface area contributed by atoms with Crippen molar-refractivity contribution in [1.29, 1.82) is 0 Å². The van der Waals surface area contributed by atoms with E-state index in [4.69, 9.17) is 0 Å². The molecular formula is C14H13FN4. The number of rotatable bonds is 3. The number of aromatic nitrogens is 3. The Morgan fingerprint density at radius 3 is 2.89 bits per heavy atom. The lowest BCUT2D eigenvalue weighted by molar-refractivity contribution is 0.623. The van der Waals surface area contributed by atoms with Crippen LogP contribution in [0.2, 0.25) is 0 Å². The Morgan fingerprint density at radius 1 is 1.21 bits per heavy atom. The van der Waals surface area contributed by atoms with Gasteiger partial charge in [-0.05, 0) is 36.8 Å². The van der Waals surface area contributed by atoms with Gasteiger partial charge < -0.3 is 5.32 Å². The van der Waals surface area contributed by atoms with Crippen molar-refractivity contribution in [3.8, 4) is 0 Å². The Bertz CT molecular complexity index is 674. The van der Waals surface area contributed by atoms with Gasteiger partial charge in [0, 0.05) is 6.20 Å². The van der Waals surface area contributed by atoms with Crippen molar-refractivity contribution in [3.05, 3.63) is 60.0 Å². The Hall–Kier alpha value is -2.43. The zero-order valence-electron chi connectivity index (χ0n) is 10.4. The maximum absolute atomic E-state index is 13.2. The number of anilines is 1. The average Bonchev–Trinajstić information content (AvgIpc) is 2.80. The van der Waals surface area contributed by atoms with Crippen LogP contribution in [-0.4, -0.2) is 14.6 Å². The van der Waals surface area contributed by atoms with Gasteiger partial charge in [-0.25, -0.2) is 8.91 Å². The predicted octanol–water partition coefficient (Wildman–Crippen LogP) is 3.04. The lowest BCUT2D eigenvalue weighted by atomic mass is 10.1. The van der Waals surface area contributed by atoms with E-state index < -0.39 is 0 Å². The van der Waals surface area contributed by atoms with Crippen LogP contribution in [0.1, 0.15) is 18.5 Å². The summed E-state index contributed by atoms with van der Waals surface area (Å²) in [4.78, 5) is 4.35. The second-order valence-electron chi connectivity index (χ2n) is 4.36. The largest absolute Gasteiger partial charge is 0.346 e. The number of fused-ring (bicyclic) bond motifs is 1. The minimum atomic E-state index is -0.242. The summed E-state index contributed by atoms with van der Waals surface area (Å²) in [7, 11) is 0. The first kappa shape index (κ1) is 11.6. The minimum absolute atomic E-state index is 0.0619. The standard InChI is InChI=1S/C14H13FN4/c1-10(11-5-4-6-12(15)9-11)16-14-17-13-7-2-3-8-19(13)18-14/h2-10H,1H3,(H,16,18). The first-order chi connectivity index (χ1) is 9.22. The number of halogens is 1. The summed E-state index contributed by atoms with van der Waals surface area (Å²) in [5.74, 6) is 0.289. The van der Waals surface area contributed by atoms with Crippen molar-refractivity contribution in [3.63, 3.8) is 0 Å². The summed E-state index contributed by atoms with van der Waals surface area (Å²) in [6.07, 6.45) is 1.83. The van der Waals surface area contributed by atoms with E-state index in [1.165, 1.54) is 12.1 Å². The van der Waals surface area contributed by atoms with Gasteiger partial charge >= 0.3 is 0 Å². The summed E-state index contributed by atoms with van der Waals surface area (Å²) in [5.41, 5.74) is 1.63. The van der Waals surface area contributed by atoms with Crippen molar-refractivity contribution in [2.45, 2.75) is 13.0 Å². The highest BCUT2D eigenvalue weighted by Crippen LogP contribution is 2.18. The molecule has 96 valence electrons. The van der Waals surface area contributed by atoms with Gasteiger partial charge in [0.25, 0.3) is 0 Å². The molecule has 1 atom stereocenters. The molecule has 0 amide bonds. The van der Waals surface area contributed by atoms with Crippen molar-refractivity contribution < 1.29 is 4.39 Å². The molecule has 19 heavy (non-hydrogen) atoms. The number of nitrogens with zero attached hydrogens (tertiary/aromatic N) is 3. The number of hydrogen-bond donors (Lipinski definition) is 1. The zero-order valence-corrected chi connectivity index (χ0v) is 10.4. The van der Waals surface area contributed by atoms with Crippen LogP contribution in [-0.2, 0) is 0 Å². The Balaban J connectivity index is 1.84. The molecule has 0 spiro atoms. The smallest absolute Gasteiger partial charge is 0.243 e. The molecule has 0 aliphatic heterocycles. The van der Waals surface area contributed by atoms with Gasteiger partial charge in [0.15, 0.2) is 5.65 Å². The first-order valence-electron chi connectivity index (χ1n) is 6.06. The van der Waals surface area contributed by atoms with Gasteiger partial charge in [-0.3, -0.25) is 0 Å². The van der Waals surface area contributed by atoms with Crippen molar-refractivity contribution in [2.75, 3.05) is 5.32 Å². The quantitative estimate of drug-likeness (QED) is 0.783. The van der Waals surface area contributed by atoms with Crippen LogP contribution in [0.4, 0.5) is 10.3 Å². The fourth-order valence-electron chi connectivity index (χ4n) is 1.95. The topological polar surface area (TPSA) is 42.2 Å². The van der Waals surface area contributed by atoms with E-state index in [-0.39, 0.29) is 11.9 Å². The van der Waals surface area contributed by atoms with Gasteiger partial charge in [0.1, 0.15) is 5.82 Å². The van der Waals surface area contributed by atoms with Crippen LogP contribution >= 0.6 is 0 Å². The Kier molecular flexibility index (Phi) is 2.87. The summed E-state index contributed by atoms with van der Waals surface area (Å²) in [6, 6.07) is 12.1. The highest BCUT2D eigenvalue weighted by atomic mass is 19.1. The Morgan fingerprint density at radius 2 is 2.11 bits per heavy atom. The third-order valence-corrected chi connectivity index (χ3v) is 2.94. The molecule has 1 N–H and O–H groups in total. The fraction of sp³-hybridized carbons (Fsp3) is 0.143. The molecule has 0 saturated heterocycles. The second kappa shape index (κ2) is 4.68. The van der Waals surface area contributed by atoms with E-state index in [9.17, 15) is 4.39 Å². The molecule has 3 aromatic rings. The van der Waals surface area contributed by atoms with Crippen LogP contribution < -0.4 is 5.32 Å². The number of hydrogen-bond acceptors (Lipinski definition) is 3. The van der Waals surface area contributed by atoms with Crippen LogP contribution in [0, 0.1) is 5.82 Å². The fourth-order valence-corrected chi connectivity index (χ4v) is 1.95. The molecule has 5 heteroatoms. The molecule has 0 aliphatic carbocycles. The molecular weight excluding hydrogens is 243 g/mol. The van der Waals surface area contributed by atoms with Crippen LogP contribution in [0.5, 0.6) is 0 Å². The van der Waals surface area contributed by atoms with Gasteiger partial charge in [-0.1, -0.05) is 18.2 Å². The van der Waals surface area contributed by atoms with Crippen molar-refractivity contribution in [1.82, 2.24) is 14.6 Å². The van der Waals surface area contributed by atoms with Gasteiger partial charge in [-0.15, -0.1) is 5.10 Å². The zero-order chi connectivity index (χ0) is 13.2. The molecule has 2 heterocycles. The van der Waals surface area contributed by atoms with E-state index in [2.05, 4.69) is 15.4 Å². The summed E-state index contributed by atoms with van der Waals surface area (Å²) in [6.45, 7) is 1.94. The monoisotopic (exact) mass is 256 g/mol. The molecule has 0 saturated carbocycles. The first-order valence-corrected chi connectivity index (χ1v) is 6.06. The van der Waals surface area contributed by atoms with Crippen molar-refractivity contribution in [2.24, 2.45) is 0 Å². The van der Waals surface area contributed by atoms with Crippen LogP contribution in [0.25, 0.3) is 5.65 Å². The third-order valence-electron chi connectivity index (χ3n) is 2.94. The summed E-state index contributed by atoms with van der Waals surface area (Å²) < 4.78 is 14.9. The number of nitrogens with one attached hydrogen (secondary N) is 1. The Labute approximate surface area is 109 Å². The number of pyridine rings is 1. The second-order valence-corrected chi connectivity index (χ2v) is 4.36. The highest BCUT2D eigenvalue weighted by Gasteiger charge is 2.09. The molecule has 1 unspecified atom stereocenters. The van der Waals surface area contributed by atoms with E-state index in [0.717, 1.165) is 11.2 Å². The van der Waals surface area contributed by atoms with E-state index in [1.54, 1.807) is 10.6 Å². The molecule has 0 radical (unpaired) electrons. The van der Waals surface area contributed by atoms with Crippen molar-refractivity contribution >= 4 is 11.6 Å². The molecule has 1 aromatic carbocycles. The minimum Gasteiger partial charge on any atom is -0.346 e. The van der Waals surface area contributed by atoms with Gasteiger partial charge in [0.05, 0.1) is 6.04 Å². The van der Waals surface area contributed by atoms with E-state index in [0.29, 0.717) is 5.95 Å². The van der Waals surface area contributed by atoms with Crippen LogP contribution in [0.15, 0.2) is 48.7 Å². The number of benzene rings is 1. The van der Waals surface area contributed by atoms with E-state index in [1.807, 2.05) is 37.4 Å². The SMILES string of the molecule is CC(Nc1nc2ccccn2n1)c1cccc(F)c1. The molecule has 0 aliphatic rings. The lowest BCUT2D eigenvalue weighted by Gasteiger charge is -2.12. The lowest BCUT2D eigenvalue weighted by Crippen LogP contribution is -2.08. The molecule has 4 nitrogen and oxygen atoms in total. The normalized spacial score (nSPS) is 12.5. The molecule has 3 rings (SSSR count). The third kappa shape index (κ3) is 2.40. The van der Waals surface area contributed by atoms with Crippen LogP contribution in [0.3, 0.4) is 0 Å². The molecule has 0 fully saturated rings. The summed E-state index contributed by atoms with van der Waals surface area (Å²) >= 11 is 0. The molecule has 0 bridgehead atoms. The average molecular weight is 256 g/mol.